The van der Waals surface area contributed by atoms with Crippen molar-refractivity contribution in [2.45, 2.75) is 24.1 Å². The lowest BCUT2D eigenvalue weighted by atomic mass is 10.0. The van der Waals surface area contributed by atoms with E-state index in [0.29, 0.717) is 35.0 Å². The molecule has 0 spiro atoms. The number of aryl methyl sites for hydroxylation is 1. The predicted molar refractivity (Wildman–Crippen MR) is 109 cm³/mol. The van der Waals surface area contributed by atoms with E-state index >= 15 is 0 Å². The first-order valence-corrected chi connectivity index (χ1v) is 11.1. The van der Waals surface area contributed by atoms with Gasteiger partial charge in [-0.3, -0.25) is 9.78 Å². The van der Waals surface area contributed by atoms with E-state index in [1.54, 1.807) is 30.6 Å². The van der Waals surface area contributed by atoms with Crippen molar-refractivity contribution in [3.05, 3.63) is 76.4 Å². The van der Waals surface area contributed by atoms with Crippen LogP contribution in [0.3, 0.4) is 0 Å². The third kappa shape index (κ3) is 3.71. The zero-order chi connectivity index (χ0) is 19.7. The molecule has 3 aromatic rings. The number of hydrogen-bond acceptors (Lipinski definition) is 5. The fourth-order valence-electron chi connectivity index (χ4n) is 3.19. The van der Waals surface area contributed by atoms with E-state index < -0.39 is 10.0 Å². The van der Waals surface area contributed by atoms with Crippen LogP contribution >= 0.6 is 11.3 Å². The van der Waals surface area contributed by atoms with E-state index in [4.69, 9.17) is 0 Å². The first-order chi connectivity index (χ1) is 13.4. The summed E-state index contributed by atoms with van der Waals surface area (Å²) in [6.07, 6.45) is 3.78. The van der Waals surface area contributed by atoms with E-state index in [0.717, 1.165) is 16.7 Å². The number of carbonyl (C=O) groups is 1. The number of nitrogens with one attached hydrogen (secondary N) is 1. The maximum absolute atomic E-state index is 12.9. The number of anilines is 1. The molecule has 3 heterocycles. The van der Waals surface area contributed by atoms with Crippen molar-refractivity contribution in [2.75, 3.05) is 11.9 Å². The fraction of sp³-hybridized carbons (Fsp3) is 0.200. The highest BCUT2D eigenvalue weighted by Crippen LogP contribution is 2.29. The Kier molecular flexibility index (Phi) is 5.01. The minimum absolute atomic E-state index is 0.225. The first-order valence-electron chi connectivity index (χ1n) is 8.82. The van der Waals surface area contributed by atoms with Crippen LogP contribution in [0, 0.1) is 6.92 Å². The normalized spacial score (nSPS) is 14.5. The summed E-state index contributed by atoms with van der Waals surface area (Å²) < 4.78 is 27.7. The van der Waals surface area contributed by atoms with Gasteiger partial charge < -0.3 is 5.32 Å². The van der Waals surface area contributed by atoms with Crippen molar-refractivity contribution in [1.29, 1.82) is 0 Å². The van der Waals surface area contributed by atoms with E-state index in [-0.39, 0.29) is 5.91 Å². The number of pyridine rings is 1. The molecule has 0 fully saturated rings. The number of benzene rings is 1. The van der Waals surface area contributed by atoms with Crippen LogP contribution in [0.1, 0.15) is 27.0 Å². The smallest absolute Gasteiger partial charge is 0.255 e. The average Bonchev–Trinajstić information content (AvgIpc) is 3.15. The average molecular weight is 414 g/mol. The molecule has 0 atom stereocenters. The molecule has 1 aliphatic rings. The highest BCUT2D eigenvalue weighted by atomic mass is 32.2. The van der Waals surface area contributed by atoms with Crippen molar-refractivity contribution >= 4 is 33.0 Å². The Balaban J connectivity index is 1.55. The summed E-state index contributed by atoms with van der Waals surface area (Å²) in [4.78, 5) is 16.3. The van der Waals surface area contributed by atoms with E-state index in [1.807, 2.05) is 30.5 Å². The van der Waals surface area contributed by atoms with Crippen LogP contribution in [-0.4, -0.2) is 30.2 Å². The topological polar surface area (TPSA) is 79.4 Å². The Bertz CT molecular complexity index is 1120. The Morgan fingerprint density at radius 1 is 1.14 bits per heavy atom. The van der Waals surface area contributed by atoms with Crippen LogP contribution in [-0.2, 0) is 23.0 Å². The first kappa shape index (κ1) is 18.8. The van der Waals surface area contributed by atoms with Crippen molar-refractivity contribution in [1.82, 2.24) is 9.29 Å². The molecule has 8 heteroatoms. The standard InChI is InChI=1S/C20H19N3O3S2/c1-14-10-19(27-13-14)28(25,26)23-9-6-15-2-3-18(11-17(15)12-23)22-20(24)16-4-7-21-8-5-16/h2-5,7-8,10-11,13H,6,9,12H2,1H3,(H,22,24). The quantitative estimate of drug-likeness (QED) is 0.710. The summed E-state index contributed by atoms with van der Waals surface area (Å²) in [5.41, 5.74) is 4.13. The molecule has 2 aromatic heterocycles. The molecule has 0 radical (unpaired) electrons. The number of thiophene rings is 1. The Hall–Kier alpha value is -2.55. The second-order valence-corrected chi connectivity index (χ2v) is 9.78. The molecule has 0 aliphatic carbocycles. The maximum atomic E-state index is 12.9. The molecular weight excluding hydrogens is 394 g/mol. The van der Waals surface area contributed by atoms with Crippen molar-refractivity contribution in [3.8, 4) is 0 Å². The van der Waals surface area contributed by atoms with Gasteiger partial charge in [0, 0.05) is 36.7 Å². The number of amides is 1. The molecule has 1 amide bonds. The van der Waals surface area contributed by atoms with Gasteiger partial charge in [0.25, 0.3) is 15.9 Å². The lowest BCUT2D eigenvalue weighted by Crippen LogP contribution is -2.35. The summed E-state index contributed by atoms with van der Waals surface area (Å²) in [6, 6.07) is 10.7. The second kappa shape index (κ2) is 7.46. The van der Waals surface area contributed by atoms with Crippen LogP contribution in [0.25, 0.3) is 0 Å². The summed E-state index contributed by atoms with van der Waals surface area (Å²) >= 11 is 1.25. The van der Waals surface area contributed by atoms with Gasteiger partial charge in [-0.2, -0.15) is 4.31 Å². The minimum Gasteiger partial charge on any atom is -0.322 e. The van der Waals surface area contributed by atoms with Crippen LogP contribution in [0.15, 0.2) is 58.4 Å². The van der Waals surface area contributed by atoms with Crippen LogP contribution in [0.4, 0.5) is 5.69 Å². The molecule has 4 rings (SSSR count). The number of carbonyl (C=O) groups excluding carboxylic acids is 1. The summed E-state index contributed by atoms with van der Waals surface area (Å²) in [5.74, 6) is -0.225. The van der Waals surface area contributed by atoms with Gasteiger partial charge in [-0.05, 0) is 65.7 Å². The number of nitrogens with zero attached hydrogens (tertiary/aromatic N) is 2. The number of sulfonamides is 1. The van der Waals surface area contributed by atoms with Gasteiger partial charge >= 0.3 is 0 Å². The highest BCUT2D eigenvalue weighted by molar-refractivity contribution is 7.91. The lowest BCUT2D eigenvalue weighted by molar-refractivity contribution is 0.102. The zero-order valence-corrected chi connectivity index (χ0v) is 16.9. The molecule has 0 bridgehead atoms. The SMILES string of the molecule is Cc1csc(S(=O)(=O)N2CCc3ccc(NC(=O)c4ccncc4)cc3C2)c1. The van der Waals surface area contributed by atoms with Crippen LogP contribution in [0.5, 0.6) is 0 Å². The molecule has 1 aliphatic heterocycles. The third-order valence-corrected chi connectivity index (χ3v) is 8.06. The van der Waals surface area contributed by atoms with Gasteiger partial charge in [0.1, 0.15) is 4.21 Å². The van der Waals surface area contributed by atoms with Crippen LogP contribution in [0.2, 0.25) is 0 Å². The molecule has 0 saturated carbocycles. The minimum atomic E-state index is -3.51. The van der Waals surface area contributed by atoms with Crippen LogP contribution < -0.4 is 5.32 Å². The summed E-state index contributed by atoms with van der Waals surface area (Å²) in [6.45, 7) is 2.64. The molecule has 28 heavy (non-hydrogen) atoms. The highest BCUT2D eigenvalue weighted by Gasteiger charge is 2.29. The van der Waals surface area contributed by atoms with Crippen molar-refractivity contribution < 1.29 is 13.2 Å². The van der Waals surface area contributed by atoms with Crippen molar-refractivity contribution in [3.63, 3.8) is 0 Å². The summed E-state index contributed by atoms with van der Waals surface area (Å²) in [5, 5.41) is 4.71. The maximum Gasteiger partial charge on any atom is 0.255 e. The third-order valence-electron chi connectivity index (χ3n) is 4.68. The van der Waals surface area contributed by atoms with E-state index in [2.05, 4.69) is 10.3 Å². The summed E-state index contributed by atoms with van der Waals surface area (Å²) in [7, 11) is -3.51. The Morgan fingerprint density at radius 3 is 2.64 bits per heavy atom. The van der Waals surface area contributed by atoms with Gasteiger partial charge in [0.05, 0.1) is 0 Å². The van der Waals surface area contributed by atoms with Gasteiger partial charge in [-0.25, -0.2) is 8.42 Å². The number of hydrogen-bond donors (Lipinski definition) is 1. The molecule has 144 valence electrons. The Morgan fingerprint density at radius 2 is 1.93 bits per heavy atom. The number of fused-ring (bicyclic) bond motifs is 1. The van der Waals surface area contributed by atoms with E-state index in [9.17, 15) is 13.2 Å². The molecule has 1 N–H and O–H groups in total. The van der Waals surface area contributed by atoms with Gasteiger partial charge in [0.15, 0.2) is 0 Å². The second-order valence-electron chi connectivity index (χ2n) is 6.71. The lowest BCUT2D eigenvalue weighted by Gasteiger charge is -2.28. The van der Waals surface area contributed by atoms with Gasteiger partial charge in [0.2, 0.25) is 0 Å². The number of rotatable bonds is 4. The monoisotopic (exact) mass is 413 g/mol. The van der Waals surface area contributed by atoms with Gasteiger partial charge in [-0.1, -0.05) is 6.07 Å². The Labute approximate surface area is 167 Å². The van der Waals surface area contributed by atoms with Crippen molar-refractivity contribution in [2.24, 2.45) is 0 Å². The van der Waals surface area contributed by atoms with Gasteiger partial charge in [-0.15, -0.1) is 11.3 Å². The largest absolute Gasteiger partial charge is 0.322 e. The predicted octanol–water partition coefficient (Wildman–Crippen LogP) is 3.45. The molecule has 1 aromatic carbocycles. The molecule has 0 unspecified atom stereocenters. The molecular formula is C20H19N3O3S2. The zero-order valence-electron chi connectivity index (χ0n) is 15.3. The fourth-order valence-corrected chi connectivity index (χ4v) is 5.99. The molecule has 6 nitrogen and oxygen atoms in total. The number of aromatic nitrogens is 1. The molecule has 0 saturated heterocycles. The van der Waals surface area contributed by atoms with E-state index in [1.165, 1.54) is 15.6 Å².